The van der Waals surface area contributed by atoms with Gasteiger partial charge in [-0.2, -0.15) is 4.98 Å². The molecule has 0 amide bonds. The third-order valence-electron chi connectivity index (χ3n) is 7.32. The largest absolute Gasteiger partial charge is 0.497 e. The Bertz CT molecular complexity index is 1610. The van der Waals surface area contributed by atoms with Crippen molar-refractivity contribution in [2.24, 2.45) is 0 Å². The van der Waals surface area contributed by atoms with Crippen molar-refractivity contribution in [3.05, 3.63) is 118 Å². The van der Waals surface area contributed by atoms with E-state index in [4.69, 9.17) is 14.5 Å². The first kappa shape index (κ1) is 25.8. The van der Waals surface area contributed by atoms with Gasteiger partial charge in [0.2, 0.25) is 5.95 Å². The van der Waals surface area contributed by atoms with Gasteiger partial charge in [-0.25, -0.2) is 4.98 Å². The lowest BCUT2D eigenvalue weighted by molar-refractivity contribution is -0.0486. The summed E-state index contributed by atoms with van der Waals surface area (Å²) in [5, 5.41) is 23.7. The second-order valence-corrected chi connectivity index (χ2v) is 9.71. The molecular formula is C30H29N5O5. The molecule has 2 aromatic heterocycles. The van der Waals surface area contributed by atoms with Crippen LogP contribution in [0.1, 0.15) is 29.3 Å². The van der Waals surface area contributed by atoms with Crippen LogP contribution in [-0.2, 0) is 10.3 Å². The first-order chi connectivity index (χ1) is 19.5. The SMILES string of the molecule is COc1ccc(C(Nc2nc3c(ncn3[C@@H]3O[C@H](CO)CC3O)c(=O)[nH]2)(c2ccccc2)c2ccccc2)cc1. The van der Waals surface area contributed by atoms with Gasteiger partial charge in [-0.3, -0.25) is 14.3 Å². The van der Waals surface area contributed by atoms with Crippen molar-refractivity contribution < 1.29 is 19.7 Å². The van der Waals surface area contributed by atoms with Crippen LogP contribution in [0.25, 0.3) is 11.2 Å². The van der Waals surface area contributed by atoms with Gasteiger partial charge in [0.25, 0.3) is 5.56 Å². The zero-order valence-corrected chi connectivity index (χ0v) is 21.8. The summed E-state index contributed by atoms with van der Waals surface area (Å²) in [5.74, 6) is 0.918. The van der Waals surface area contributed by atoms with E-state index in [1.54, 1.807) is 7.11 Å². The number of aromatic amines is 1. The number of anilines is 1. The molecule has 1 unspecified atom stereocenters. The Hall–Kier alpha value is -4.51. The van der Waals surface area contributed by atoms with Gasteiger partial charge in [0.05, 0.1) is 26.1 Å². The summed E-state index contributed by atoms with van der Waals surface area (Å²) >= 11 is 0. The lowest BCUT2D eigenvalue weighted by atomic mass is 9.77. The van der Waals surface area contributed by atoms with Crippen LogP contribution in [0.3, 0.4) is 0 Å². The summed E-state index contributed by atoms with van der Waals surface area (Å²) < 4.78 is 12.8. The van der Waals surface area contributed by atoms with Crippen molar-refractivity contribution >= 4 is 17.1 Å². The number of benzene rings is 3. The molecule has 0 radical (unpaired) electrons. The molecule has 1 aliphatic rings. The van der Waals surface area contributed by atoms with E-state index >= 15 is 0 Å². The van der Waals surface area contributed by atoms with Gasteiger partial charge in [0, 0.05) is 6.42 Å². The van der Waals surface area contributed by atoms with Crippen LogP contribution in [0.4, 0.5) is 5.95 Å². The molecule has 40 heavy (non-hydrogen) atoms. The second-order valence-electron chi connectivity index (χ2n) is 9.71. The zero-order chi connectivity index (χ0) is 27.7. The number of hydrogen-bond donors (Lipinski definition) is 4. The van der Waals surface area contributed by atoms with E-state index in [0.717, 1.165) is 16.7 Å². The molecule has 4 N–H and O–H groups in total. The predicted molar refractivity (Wildman–Crippen MR) is 149 cm³/mol. The minimum atomic E-state index is -0.964. The molecule has 10 heteroatoms. The molecule has 1 fully saturated rings. The van der Waals surface area contributed by atoms with Crippen LogP contribution in [0.2, 0.25) is 0 Å². The Kier molecular flexibility index (Phi) is 6.81. The zero-order valence-electron chi connectivity index (χ0n) is 21.8. The highest BCUT2D eigenvalue weighted by molar-refractivity contribution is 5.71. The van der Waals surface area contributed by atoms with Crippen molar-refractivity contribution in [2.45, 2.75) is 30.4 Å². The van der Waals surface area contributed by atoms with E-state index in [1.165, 1.54) is 10.9 Å². The number of nitrogens with zero attached hydrogens (tertiary/aromatic N) is 3. The molecule has 3 heterocycles. The molecule has 1 aliphatic heterocycles. The normalized spacial score (nSPS) is 19.1. The maximum absolute atomic E-state index is 13.2. The first-order valence-electron chi connectivity index (χ1n) is 13.0. The Morgan fingerprint density at radius 2 is 1.65 bits per heavy atom. The van der Waals surface area contributed by atoms with Crippen LogP contribution in [-0.4, -0.2) is 55.7 Å². The number of aromatic nitrogens is 4. The topological polar surface area (TPSA) is 135 Å². The highest BCUT2D eigenvalue weighted by Gasteiger charge is 2.39. The first-order valence-corrected chi connectivity index (χ1v) is 13.0. The number of aliphatic hydroxyl groups is 2. The average molecular weight is 540 g/mol. The highest BCUT2D eigenvalue weighted by atomic mass is 16.5. The standard InChI is InChI=1S/C30H29N5O5/c1-39-22-14-12-21(13-15-22)30(19-8-4-2-5-9-19,20-10-6-3-7-11-20)34-29-32-26-25(27(38)33-29)31-18-35(26)28-24(37)16-23(17-36)40-28/h2-15,18,23-24,28,36-37H,16-17H2,1H3,(H2,32,33,34,38)/t23-,24?,28+/m0/s1. The lowest BCUT2D eigenvalue weighted by Gasteiger charge is -2.37. The van der Waals surface area contributed by atoms with Gasteiger partial charge in [-0.05, 0) is 28.8 Å². The number of ether oxygens (including phenoxy) is 2. The fourth-order valence-electron chi connectivity index (χ4n) is 5.38. The molecule has 1 saturated heterocycles. The van der Waals surface area contributed by atoms with Crippen molar-refractivity contribution in [3.63, 3.8) is 0 Å². The minimum Gasteiger partial charge on any atom is -0.497 e. The van der Waals surface area contributed by atoms with Crippen molar-refractivity contribution in [3.8, 4) is 5.75 Å². The number of rotatable bonds is 8. The molecule has 5 aromatic rings. The molecule has 0 aliphatic carbocycles. The number of H-pyrrole nitrogens is 1. The molecule has 6 rings (SSSR count). The molecule has 3 aromatic carbocycles. The Balaban J connectivity index is 1.54. The summed E-state index contributed by atoms with van der Waals surface area (Å²) in [6.45, 7) is -0.223. The fourth-order valence-corrected chi connectivity index (χ4v) is 5.38. The van der Waals surface area contributed by atoms with Crippen molar-refractivity contribution in [2.75, 3.05) is 19.0 Å². The van der Waals surface area contributed by atoms with Gasteiger partial charge in [0.1, 0.15) is 17.4 Å². The predicted octanol–water partition coefficient (Wildman–Crippen LogP) is 3.17. The Morgan fingerprint density at radius 1 is 1.02 bits per heavy atom. The van der Waals surface area contributed by atoms with Gasteiger partial charge in [0.15, 0.2) is 17.4 Å². The van der Waals surface area contributed by atoms with Gasteiger partial charge in [-0.1, -0.05) is 72.8 Å². The van der Waals surface area contributed by atoms with Crippen LogP contribution < -0.4 is 15.6 Å². The summed E-state index contributed by atoms with van der Waals surface area (Å²) in [7, 11) is 1.62. The van der Waals surface area contributed by atoms with Gasteiger partial charge >= 0.3 is 0 Å². The van der Waals surface area contributed by atoms with Crippen molar-refractivity contribution in [1.82, 2.24) is 19.5 Å². The quantitative estimate of drug-likeness (QED) is 0.221. The maximum atomic E-state index is 13.2. The minimum absolute atomic E-state index is 0.114. The van der Waals surface area contributed by atoms with E-state index in [-0.39, 0.29) is 30.1 Å². The Morgan fingerprint density at radius 3 is 2.23 bits per heavy atom. The summed E-state index contributed by atoms with van der Waals surface area (Å²) in [4.78, 5) is 25.1. The number of nitrogens with one attached hydrogen (secondary N) is 2. The molecule has 204 valence electrons. The number of methoxy groups -OCH3 is 1. The molecular weight excluding hydrogens is 510 g/mol. The third kappa shape index (κ3) is 4.41. The van der Waals surface area contributed by atoms with Crippen LogP contribution in [0.5, 0.6) is 5.75 Å². The summed E-state index contributed by atoms with van der Waals surface area (Å²) in [6, 6.07) is 27.5. The smallest absolute Gasteiger partial charge is 0.280 e. The van der Waals surface area contributed by atoms with E-state index in [1.807, 2.05) is 84.9 Å². The maximum Gasteiger partial charge on any atom is 0.280 e. The van der Waals surface area contributed by atoms with Gasteiger partial charge < -0.3 is 25.0 Å². The van der Waals surface area contributed by atoms with E-state index in [9.17, 15) is 15.0 Å². The van der Waals surface area contributed by atoms with Crippen molar-refractivity contribution in [1.29, 1.82) is 0 Å². The average Bonchev–Trinajstić information content (AvgIpc) is 3.60. The number of fused-ring (bicyclic) bond motifs is 1. The highest BCUT2D eigenvalue weighted by Crippen LogP contribution is 2.40. The van der Waals surface area contributed by atoms with E-state index < -0.39 is 29.5 Å². The number of aliphatic hydroxyl groups excluding tert-OH is 2. The van der Waals surface area contributed by atoms with Gasteiger partial charge in [-0.15, -0.1) is 0 Å². The molecule has 10 nitrogen and oxygen atoms in total. The summed E-state index contributed by atoms with van der Waals surface area (Å²) in [6.07, 6.45) is -0.554. The Labute approximate surface area is 229 Å². The third-order valence-corrected chi connectivity index (χ3v) is 7.32. The van der Waals surface area contributed by atoms with Crippen LogP contribution >= 0.6 is 0 Å². The lowest BCUT2D eigenvalue weighted by Crippen LogP contribution is -2.39. The number of hydrogen-bond acceptors (Lipinski definition) is 8. The van der Waals surface area contributed by atoms with Crippen LogP contribution in [0.15, 0.2) is 96.1 Å². The molecule has 0 bridgehead atoms. The fraction of sp³-hybridized carbons (Fsp3) is 0.233. The van der Waals surface area contributed by atoms with E-state index in [2.05, 4.69) is 15.3 Å². The molecule has 0 spiro atoms. The summed E-state index contributed by atoms with van der Waals surface area (Å²) in [5.41, 5.74) is 1.69. The van der Waals surface area contributed by atoms with Crippen LogP contribution in [0, 0.1) is 0 Å². The monoisotopic (exact) mass is 539 g/mol. The van der Waals surface area contributed by atoms with E-state index in [0.29, 0.717) is 5.75 Å². The number of imidazole rings is 1. The molecule has 3 atom stereocenters. The molecule has 0 saturated carbocycles. The second kappa shape index (κ2) is 10.6.